The Morgan fingerprint density at radius 3 is 2.52 bits per heavy atom. The van der Waals surface area contributed by atoms with Crippen LogP contribution in [-0.4, -0.2) is 22.6 Å². The molecule has 0 radical (unpaired) electrons. The second-order valence-electron chi connectivity index (χ2n) is 7.85. The van der Waals surface area contributed by atoms with Crippen LogP contribution in [0.5, 0.6) is 0 Å². The van der Waals surface area contributed by atoms with Crippen molar-refractivity contribution >= 4 is 23.4 Å². The lowest BCUT2D eigenvalue weighted by atomic mass is 10.2. The number of nitrogens with one attached hydrogen (secondary N) is 2. The fourth-order valence-corrected chi connectivity index (χ4v) is 2.74. The van der Waals surface area contributed by atoms with Crippen molar-refractivity contribution in [2.45, 2.75) is 39.2 Å². The van der Waals surface area contributed by atoms with E-state index >= 15 is 0 Å². The predicted molar refractivity (Wildman–Crippen MR) is 115 cm³/mol. The molecule has 2 aromatic carbocycles. The van der Waals surface area contributed by atoms with Crippen molar-refractivity contribution in [1.29, 1.82) is 0 Å². The molecule has 0 fully saturated rings. The Kier molecular flexibility index (Phi) is 6.69. The molecule has 0 aliphatic rings. The molecule has 31 heavy (non-hydrogen) atoms. The van der Waals surface area contributed by atoms with E-state index < -0.39 is 17.5 Å². The molecule has 2 amide bonds. The number of amides is 2. The van der Waals surface area contributed by atoms with E-state index in [4.69, 9.17) is 9.15 Å². The fourth-order valence-electron chi connectivity index (χ4n) is 2.74. The standard InChI is InChI=1S/C23H24FN3O4/c1-23(2,3)31-22(29)27-17-10-9-16(24)13-18(17)26-20(28)11-12-21-25-14-19(30-21)15-7-5-4-6-8-15/h4-10,13-14H,11-12H2,1-3H3,(H,26,28)(H,27,29). The number of halogens is 1. The summed E-state index contributed by atoms with van der Waals surface area (Å²) < 4.78 is 24.6. The minimum atomic E-state index is -0.706. The molecule has 0 spiro atoms. The van der Waals surface area contributed by atoms with Gasteiger partial charge in [0.2, 0.25) is 5.91 Å². The Morgan fingerprint density at radius 1 is 1.06 bits per heavy atom. The second kappa shape index (κ2) is 9.42. The first-order valence-electron chi connectivity index (χ1n) is 9.79. The molecule has 0 unspecified atom stereocenters. The summed E-state index contributed by atoms with van der Waals surface area (Å²) in [6, 6.07) is 13.2. The van der Waals surface area contributed by atoms with Crippen molar-refractivity contribution in [2.75, 3.05) is 10.6 Å². The van der Waals surface area contributed by atoms with Gasteiger partial charge in [-0.15, -0.1) is 0 Å². The number of carbonyl (C=O) groups excluding carboxylic acids is 2. The number of nitrogens with zero attached hydrogens (tertiary/aromatic N) is 1. The zero-order valence-corrected chi connectivity index (χ0v) is 17.6. The Hall–Kier alpha value is -3.68. The van der Waals surface area contributed by atoms with Crippen LogP contribution in [0.4, 0.5) is 20.6 Å². The normalized spacial score (nSPS) is 11.1. The van der Waals surface area contributed by atoms with Gasteiger partial charge < -0.3 is 14.5 Å². The van der Waals surface area contributed by atoms with E-state index in [-0.39, 0.29) is 30.1 Å². The van der Waals surface area contributed by atoms with E-state index in [2.05, 4.69) is 15.6 Å². The number of ether oxygens (including phenoxy) is 1. The van der Waals surface area contributed by atoms with Gasteiger partial charge in [-0.1, -0.05) is 30.3 Å². The molecular formula is C23H24FN3O4. The number of benzene rings is 2. The monoisotopic (exact) mass is 425 g/mol. The topological polar surface area (TPSA) is 93.5 Å². The summed E-state index contributed by atoms with van der Waals surface area (Å²) in [7, 11) is 0. The van der Waals surface area contributed by atoms with Crippen LogP contribution in [0.1, 0.15) is 33.1 Å². The first kappa shape index (κ1) is 22.0. The summed E-state index contributed by atoms with van der Waals surface area (Å²) >= 11 is 0. The number of hydrogen-bond donors (Lipinski definition) is 2. The third-order valence-corrected chi connectivity index (χ3v) is 4.07. The van der Waals surface area contributed by atoms with Crippen LogP contribution in [0.2, 0.25) is 0 Å². The third kappa shape index (κ3) is 6.67. The minimum Gasteiger partial charge on any atom is -0.444 e. The molecule has 1 heterocycles. The van der Waals surface area contributed by atoms with Crippen molar-refractivity contribution in [1.82, 2.24) is 4.98 Å². The molecule has 7 nitrogen and oxygen atoms in total. The molecule has 0 aliphatic heterocycles. The zero-order valence-electron chi connectivity index (χ0n) is 17.6. The average Bonchev–Trinajstić information content (AvgIpc) is 3.17. The summed E-state index contributed by atoms with van der Waals surface area (Å²) in [5.41, 5.74) is 0.561. The van der Waals surface area contributed by atoms with Crippen molar-refractivity contribution in [2.24, 2.45) is 0 Å². The summed E-state index contributed by atoms with van der Waals surface area (Å²) in [4.78, 5) is 28.6. The number of anilines is 2. The first-order valence-corrected chi connectivity index (χ1v) is 9.79. The van der Waals surface area contributed by atoms with E-state index in [1.807, 2.05) is 30.3 Å². The van der Waals surface area contributed by atoms with Crippen molar-refractivity contribution < 1.29 is 23.1 Å². The van der Waals surface area contributed by atoms with Gasteiger partial charge in [-0.25, -0.2) is 14.2 Å². The molecule has 3 rings (SSSR count). The Morgan fingerprint density at radius 2 is 1.81 bits per heavy atom. The molecule has 1 aromatic heterocycles. The lowest BCUT2D eigenvalue weighted by Crippen LogP contribution is -2.27. The van der Waals surface area contributed by atoms with E-state index in [0.29, 0.717) is 11.7 Å². The van der Waals surface area contributed by atoms with Gasteiger partial charge in [-0.05, 0) is 39.0 Å². The molecule has 0 bridgehead atoms. The van der Waals surface area contributed by atoms with Gasteiger partial charge in [0, 0.05) is 18.4 Å². The van der Waals surface area contributed by atoms with E-state index in [1.165, 1.54) is 12.1 Å². The van der Waals surface area contributed by atoms with E-state index in [9.17, 15) is 14.0 Å². The van der Waals surface area contributed by atoms with Crippen molar-refractivity contribution in [3.05, 3.63) is 66.4 Å². The number of carbonyl (C=O) groups is 2. The highest BCUT2D eigenvalue weighted by molar-refractivity contribution is 5.97. The van der Waals surface area contributed by atoms with E-state index in [0.717, 1.165) is 11.6 Å². The first-order chi connectivity index (χ1) is 14.7. The van der Waals surface area contributed by atoms with Crippen LogP contribution < -0.4 is 10.6 Å². The molecule has 3 aromatic rings. The highest BCUT2D eigenvalue weighted by Gasteiger charge is 2.18. The quantitative estimate of drug-likeness (QED) is 0.552. The van der Waals surface area contributed by atoms with Crippen LogP contribution in [0.25, 0.3) is 11.3 Å². The summed E-state index contributed by atoms with van der Waals surface area (Å²) in [6.07, 6.45) is 1.24. The third-order valence-electron chi connectivity index (χ3n) is 4.07. The lowest BCUT2D eigenvalue weighted by molar-refractivity contribution is -0.116. The fraction of sp³-hybridized carbons (Fsp3) is 0.261. The maximum atomic E-state index is 13.7. The van der Waals surface area contributed by atoms with Crippen molar-refractivity contribution in [3.8, 4) is 11.3 Å². The average molecular weight is 425 g/mol. The van der Waals surface area contributed by atoms with Crippen LogP contribution in [0.15, 0.2) is 59.1 Å². The van der Waals surface area contributed by atoms with Gasteiger partial charge in [0.25, 0.3) is 0 Å². The predicted octanol–water partition coefficient (Wildman–Crippen LogP) is 5.40. The molecule has 0 aliphatic carbocycles. The van der Waals surface area contributed by atoms with Gasteiger partial charge in [0.15, 0.2) is 11.7 Å². The smallest absolute Gasteiger partial charge is 0.412 e. The van der Waals surface area contributed by atoms with Gasteiger partial charge in [-0.3, -0.25) is 10.1 Å². The highest BCUT2D eigenvalue weighted by atomic mass is 19.1. The molecule has 0 saturated heterocycles. The van der Waals surface area contributed by atoms with Gasteiger partial charge in [0.1, 0.15) is 11.4 Å². The van der Waals surface area contributed by atoms with Gasteiger partial charge >= 0.3 is 6.09 Å². The molecule has 162 valence electrons. The zero-order chi connectivity index (χ0) is 22.4. The number of rotatable bonds is 6. The number of aryl methyl sites for hydroxylation is 1. The van der Waals surface area contributed by atoms with Crippen LogP contribution in [-0.2, 0) is 16.0 Å². The van der Waals surface area contributed by atoms with Crippen LogP contribution in [0, 0.1) is 5.82 Å². The van der Waals surface area contributed by atoms with Gasteiger partial charge in [-0.2, -0.15) is 0 Å². The van der Waals surface area contributed by atoms with Crippen LogP contribution in [0.3, 0.4) is 0 Å². The maximum absolute atomic E-state index is 13.7. The molecule has 0 saturated carbocycles. The summed E-state index contributed by atoms with van der Waals surface area (Å²) in [5.74, 6) is 0.105. The highest BCUT2D eigenvalue weighted by Crippen LogP contribution is 2.25. The number of aromatic nitrogens is 1. The number of hydrogen-bond acceptors (Lipinski definition) is 5. The molecule has 2 N–H and O–H groups in total. The molecule has 8 heteroatoms. The molecule has 0 atom stereocenters. The van der Waals surface area contributed by atoms with Crippen LogP contribution >= 0.6 is 0 Å². The number of oxazole rings is 1. The SMILES string of the molecule is CC(C)(C)OC(=O)Nc1ccc(F)cc1NC(=O)CCc1ncc(-c2ccccc2)o1. The second-order valence-corrected chi connectivity index (χ2v) is 7.85. The van der Waals surface area contributed by atoms with Crippen molar-refractivity contribution in [3.63, 3.8) is 0 Å². The van der Waals surface area contributed by atoms with Gasteiger partial charge in [0.05, 0.1) is 17.6 Å². The minimum absolute atomic E-state index is 0.0666. The summed E-state index contributed by atoms with van der Waals surface area (Å²) in [5, 5.41) is 5.13. The lowest BCUT2D eigenvalue weighted by Gasteiger charge is -2.20. The Labute approximate surface area is 179 Å². The Bertz CT molecular complexity index is 1060. The largest absolute Gasteiger partial charge is 0.444 e. The maximum Gasteiger partial charge on any atom is 0.412 e. The Balaban J connectivity index is 1.61. The summed E-state index contributed by atoms with van der Waals surface area (Å²) in [6.45, 7) is 5.18. The molecular weight excluding hydrogens is 401 g/mol. The van der Waals surface area contributed by atoms with E-state index in [1.54, 1.807) is 27.0 Å².